The second-order valence-corrected chi connectivity index (χ2v) is 3.50. The van der Waals surface area contributed by atoms with Crippen LogP contribution in [0.1, 0.15) is 0 Å². The molecule has 0 fully saturated rings. The first kappa shape index (κ1) is 9.15. The van der Waals surface area contributed by atoms with Gasteiger partial charge in [-0.2, -0.15) is 0 Å². The van der Waals surface area contributed by atoms with Gasteiger partial charge in [-0.25, -0.2) is 4.98 Å². The van der Waals surface area contributed by atoms with Crippen LogP contribution in [0.25, 0.3) is 0 Å². The van der Waals surface area contributed by atoms with E-state index in [-0.39, 0.29) is 0 Å². The molecule has 14 heavy (non-hydrogen) atoms. The van der Waals surface area contributed by atoms with Crippen LogP contribution in [0.4, 0.5) is 5.69 Å². The Morgan fingerprint density at radius 3 is 2.93 bits per heavy atom. The molecule has 0 saturated carbocycles. The summed E-state index contributed by atoms with van der Waals surface area (Å²) in [6.07, 6.45) is 11.0. The monoisotopic (exact) mass is 249 g/mol. The third-order valence-electron chi connectivity index (χ3n) is 1.74. The topological polar surface area (TPSA) is 28.5 Å². The number of hydrogen-bond acceptors (Lipinski definition) is 3. The average molecular weight is 250 g/mol. The molecule has 4 heteroatoms. The van der Waals surface area contributed by atoms with Crippen molar-refractivity contribution in [3.63, 3.8) is 0 Å². The fraction of sp³-hybridized carbons (Fsp3) is 0. The molecule has 0 spiro atoms. The highest BCUT2D eigenvalue weighted by Gasteiger charge is 1.99. The van der Waals surface area contributed by atoms with Crippen molar-refractivity contribution >= 4 is 27.8 Å². The lowest BCUT2D eigenvalue weighted by Crippen LogP contribution is -2.06. The number of pyridine rings is 1. The lowest BCUT2D eigenvalue weighted by Gasteiger charge is -2.13. The van der Waals surface area contributed by atoms with E-state index in [1.807, 2.05) is 35.5 Å². The minimum Gasteiger partial charge on any atom is -0.321 e. The normalized spacial score (nSPS) is 14.5. The quantitative estimate of drug-likeness (QED) is 0.717. The first-order valence-corrected chi connectivity index (χ1v) is 4.92. The van der Waals surface area contributed by atoms with Crippen molar-refractivity contribution in [3.05, 3.63) is 47.6 Å². The Morgan fingerprint density at radius 1 is 1.21 bits per heavy atom. The van der Waals surface area contributed by atoms with E-state index in [0.717, 1.165) is 10.3 Å². The highest BCUT2D eigenvalue weighted by atomic mass is 79.9. The maximum Gasteiger partial charge on any atom is 0.106 e. The Morgan fingerprint density at radius 2 is 2.14 bits per heavy atom. The van der Waals surface area contributed by atoms with E-state index >= 15 is 0 Å². The molecule has 0 unspecified atom stereocenters. The zero-order valence-corrected chi connectivity index (χ0v) is 8.92. The SMILES string of the molecule is Brc1ccc(N2C=CC=NC=C2)cn1. The summed E-state index contributed by atoms with van der Waals surface area (Å²) in [5.74, 6) is 0. The second-order valence-electron chi connectivity index (χ2n) is 2.68. The third-order valence-corrected chi connectivity index (χ3v) is 2.21. The van der Waals surface area contributed by atoms with Crippen LogP contribution in [-0.2, 0) is 0 Å². The van der Waals surface area contributed by atoms with Crippen LogP contribution < -0.4 is 4.90 Å². The number of nitrogens with zero attached hydrogens (tertiary/aromatic N) is 3. The molecule has 0 aliphatic carbocycles. The van der Waals surface area contributed by atoms with Crippen LogP contribution >= 0.6 is 15.9 Å². The molecular formula is C10H8BrN3. The molecule has 0 N–H and O–H groups in total. The minimum absolute atomic E-state index is 0.834. The number of hydrogen-bond donors (Lipinski definition) is 0. The summed E-state index contributed by atoms with van der Waals surface area (Å²) in [5, 5.41) is 0. The van der Waals surface area contributed by atoms with E-state index in [2.05, 4.69) is 25.9 Å². The molecule has 0 bridgehead atoms. The summed E-state index contributed by atoms with van der Waals surface area (Å²) < 4.78 is 0.834. The average Bonchev–Trinajstić information content (AvgIpc) is 2.47. The molecule has 2 heterocycles. The predicted molar refractivity (Wildman–Crippen MR) is 61.2 cm³/mol. The number of aromatic nitrogens is 1. The summed E-state index contributed by atoms with van der Waals surface area (Å²) in [5.41, 5.74) is 1.01. The van der Waals surface area contributed by atoms with Crippen molar-refractivity contribution in [3.8, 4) is 0 Å². The Hall–Kier alpha value is -1.42. The van der Waals surface area contributed by atoms with Gasteiger partial charge in [0, 0.05) is 24.8 Å². The molecule has 0 aromatic carbocycles. The number of anilines is 1. The smallest absolute Gasteiger partial charge is 0.106 e. The number of rotatable bonds is 1. The van der Waals surface area contributed by atoms with E-state index in [9.17, 15) is 0 Å². The van der Waals surface area contributed by atoms with Crippen LogP contribution in [-0.4, -0.2) is 11.2 Å². The Kier molecular flexibility index (Phi) is 2.74. The van der Waals surface area contributed by atoms with Gasteiger partial charge in [0.1, 0.15) is 4.60 Å². The lowest BCUT2D eigenvalue weighted by molar-refractivity contribution is 1.20. The van der Waals surface area contributed by atoms with E-state index in [1.165, 1.54) is 0 Å². The first-order chi connectivity index (χ1) is 6.86. The third kappa shape index (κ3) is 2.09. The second kappa shape index (κ2) is 4.19. The number of aliphatic imine (C=N–C) groups is 1. The Bertz CT molecular complexity index is 376. The van der Waals surface area contributed by atoms with Crippen LogP contribution in [0, 0.1) is 0 Å². The molecule has 0 amide bonds. The molecule has 2 rings (SSSR count). The van der Waals surface area contributed by atoms with Gasteiger partial charge in [-0.1, -0.05) is 0 Å². The van der Waals surface area contributed by atoms with Gasteiger partial charge in [-0.15, -0.1) is 0 Å². The van der Waals surface area contributed by atoms with Gasteiger partial charge >= 0.3 is 0 Å². The highest BCUT2D eigenvalue weighted by molar-refractivity contribution is 9.10. The summed E-state index contributed by atoms with van der Waals surface area (Å²) in [6.45, 7) is 0. The van der Waals surface area contributed by atoms with Crippen LogP contribution in [0.5, 0.6) is 0 Å². The maximum atomic E-state index is 4.15. The van der Waals surface area contributed by atoms with Crippen molar-refractivity contribution in [1.82, 2.24) is 4.98 Å². The molecule has 3 nitrogen and oxygen atoms in total. The Labute approximate surface area is 90.6 Å². The Balaban J connectivity index is 2.27. The van der Waals surface area contributed by atoms with Gasteiger partial charge < -0.3 is 4.90 Å². The molecular weight excluding hydrogens is 242 g/mol. The van der Waals surface area contributed by atoms with Crippen molar-refractivity contribution in [2.75, 3.05) is 4.90 Å². The van der Waals surface area contributed by atoms with E-state index in [4.69, 9.17) is 0 Å². The van der Waals surface area contributed by atoms with Gasteiger partial charge in [-0.05, 0) is 34.1 Å². The molecule has 1 aliphatic heterocycles. The van der Waals surface area contributed by atoms with Crippen molar-refractivity contribution in [2.24, 2.45) is 4.99 Å². The molecule has 1 aromatic rings. The van der Waals surface area contributed by atoms with Gasteiger partial charge in [0.15, 0.2) is 0 Å². The minimum atomic E-state index is 0.834. The zero-order chi connectivity index (χ0) is 9.80. The first-order valence-electron chi connectivity index (χ1n) is 4.13. The fourth-order valence-corrected chi connectivity index (χ4v) is 1.32. The molecule has 0 saturated heterocycles. The lowest BCUT2D eigenvalue weighted by atomic mass is 10.4. The highest BCUT2D eigenvalue weighted by Crippen LogP contribution is 2.16. The largest absolute Gasteiger partial charge is 0.321 e. The zero-order valence-electron chi connectivity index (χ0n) is 7.34. The van der Waals surface area contributed by atoms with Crippen LogP contribution in [0.3, 0.4) is 0 Å². The van der Waals surface area contributed by atoms with Gasteiger partial charge in [0.05, 0.1) is 11.9 Å². The standard InChI is InChI=1S/C10H8BrN3/c11-10-3-2-9(8-13-10)14-6-1-4-12-5-7-14/h1-8H. The van der Waals surface area contributed by atoms with Crippen LogP contribution in [0.15, 0.2) is 52.6 Å². The van der Waals surface area contributed by atoms with E-state index in [0.29, 0.717) is 0 Å². The summed E-state index contributed by atoms with van der Waals surface area (Å²) in [4.78, 5) is 10.1. The van der Waals surface area contributed by atoms with Gasteiger partial charge in [-0.3, -0.25) is 4.99 Å². The van der Waals surface area contributed by atoms with Crippen molar-refractivity contribution < 1.29 is 0 Å². The van der Waals surface area contributed by atoms with Gasteiger partial charge in [0.25, 0.3) is 0 Å². The summed E-state index contributed by atoms with van der Waals surface area (Å²) >= 11 is 3.29. The van der Waals surface area contributed by atoms with Crippen molar-refractivity contribution in [1.29, 1.82) is 0 Å². The molecule has 1 aromatic heterocycles. The van der Waals surface area contributed by atoms with Gasteiger partial charge in [0.2, 0.25) is 0 Å². The van der Waals surface area contributed by atoms with E-state index < -0.39 is 0 Å². The fourth-order valence-electron chi connectivity index (χ4n) is 1.08. The van der Waals surface area contributed by atoms with Crippen LogP contribution in [0.2, 0.25) is 0 Å². The molecule has 0 atom stereocenters. The molecule has 0 radical (unpaired) electrons. The van der Waals surface area contributed by atoms with E-state index in [1.54, 1.807) is 18.6 Å². The number of allylic oxidation sites excluding steroid dienone is 1. The maximum absolute atomic E-state index is 4.15. The predicted octanol–water partition coefficient (Wildman–Crippen LogP) is 2.72. The molecule has 1 aliphatic rings. The molecule has 70 valence electrons. The van der Waals surface area contributed by atoms with Crippen molar-refractivity contribution in [2.45, 2.75) is 0 Å². The number of halogens is 1. The summed E-state index contributed by atoms with van der Waals surface area (Å²) in [7, 11) is 0. The summed E-state index contributed by atoms with van der Waals surface area (Å²) in [6, 6.07) is 3.89.